The minimum atomic E-state index is -0.483. The van der Waals surface area contributed by atoms with Crippen LogP contribution >= 0.6 is 15.9 Å². The van der Waals surface area contributed by atoms with Crippen LogP contribution < -0.4 is 10.3 Å². The van der Waals surface area contributed by atoms with Gasteiger partial charge < -0.3 is 9.30 Å². The van der Waals surface area contributed by atoms with Crippen LogP contribution in [0.2, 0.25) is 0 Å². The smallest absolute Gasteiger partial charge is 0.258 e. The average Bonchev–Trinajstić information content (AvgIpc) is 2.64. The molecule has 27 heavy (non-hydrogen) atoms. The number of fused-ring (bicyclic) bond motifs is 1. The van der Waals surface area contributed by atoms with Crippen LogP contribution in [0.4, 0.5) is 0 Å². The van der Waals surface area contributed by atoms with Crippen molar-refractivity contribution in [3.05, 3.63) is 104 Å². The number of hydrogen-bond donors (Lipinski definition) is 0. The van der Waals surface area contributed by atoms with Crippen molar-refractivity contribution < 1.29 is 4.74 Å². The van der Waals surface area contributed by atoms with Crippen molar-refractivity contribution in [3.8, 4) is 5.75 Å². The highest BCUT2D eigenvalue weighted by Crippen LogP contribution is 2.39. The summed E-state index contributed by atoms with van der Waals surface area (Å²) in [6.07, 6.45) is 3.87. The number of pyridine rings is 1. The first kappa shape index (κ1) is 17.8. The molecule has 2 aromatic carbocycles. The third-order valence-electron chi connectivity index (χ3n) is 4.60. The lowest BCUT2D eigenvalue weighted by Crippen LogP contribution is -2.31. The Bertz CT molecular complexity index is 1080. The summed E-state index contributed by atoms with van der Waals surface area (Å²) in [4.78, 5) is 13.2. The van der Waals surface area contributed by atoms with Crippen LogP contribution in [0.1, 0.15) is 30.5 Å². The van der Waals surface area contributed by atoms with Crippen LogP contribution in [0.25, 0.3) is 5.57 Å². The maximum absolute atomic E-state index is 13.2. The number of rotatable bonds is 3. The summed E-state index contributed by atoms with van der Waals surface area (Å²) in [5.74, 6) is 0.790. The van der Waals surface area contributed by atoms with Gasteiger partial charge in [-0.15, -0.1) is 0 Å². The van der Waals surface area contributed by atoms with Gasteiger partial charge in [0.05, 0.1) is 6.54 Å². The SMILES string of the molecule is CC1(C)C=C(c2cccn(Cc3ccccc3)c2=O)c2cc(Br)ccc2O1. The van der Waals surface area contributed by atoms with Crippen molar-refractivity contribution in [3.63, 3.8) is 0 Å². The molecular weight excluding hydrogens is 402 g/mol. The lowest BCUT2D eigenvalue weighted by atomic mass is 9.90. The molecule has 1 aliphatic heterocycles. The zero-order chi connectivity index (χ0) is 19.0. The molecule has 0 N–H and O–H groups in total. The molecule has 0 unspecified atom stereocenters. The van der Waals surface area contributed by atoms with Crippen LogP contribution in [0.15, 0.2) is 82.2 Å². The number of halogens is 1. The summed E-state index contributed by atoms with van der Waals surface area (Å²) >= 11 is 3.53. The van der Waals surface area contributed by atoms with E-state index in [0.717, 1.165) is 26.9 Å². The van der Waals surface area contributed by atoms with E-state index in [9.17, 15) is 4.79 Å². The van der Waals surface area contributed by atoms with Crippen LogP contribution in [0, 0.1) is 0 Å². The number of aromatic nitrogens is 1. The van der Waals surface area contributed by atoms with E-state index in [-0.39, 0.29) is 5.56 Å². The normalized spacial score (nSPS) is 14.9. The van der Waals surface area contributed by atoms with Crippen molar-refractivity contribution in [1.29, 1.82) is 0 Å². The summed E-state index contributed by atoms with van der Waals surface area (Å²) in [6.45, 7) is 4.55. The molecule has 0 saturated carbocycles. The predicted octanol–water partition coefficient (Wildman–Crippen LogP) is 5.26. The quantitative estimate of drug-likeness (QED) is 0.577. The van der Waals surface area contributed by atoms with Crippen LogP contribution in [-0.2, 0) is 6.54 Å². The zero-order valence-electron chi connectivity index (χ0n) is 15.3. The molecule has 0 saturated heterocycles. The van der Waals surface area contributed by atoms with E-state index in [0.29, 0.717) is 12.1 Å². The predicted molar refractivity (Wildman–Crippen MR) is 112 cm³/mol. The second kappa shape index (κ2) is 6.86. The molecule has 3 nitrogen and oxygen atoms in total. The maximum atomic E-state index is 13.2. The van der Waals surface area contributed by atoms with E-state index >= 15 is 0 Å². The maximum Gasteiger partial charge on any atom is 0.258 e. The Morgan fingerprint density at radius 2 is 1.78 bits per heavy atom. The Labute approximate surface area is 167 Å². The minimum Gasteiger partial charge on any atom is -0.483 e. The van der Waals surface area contributed by atoms with Crippen LogP contribution in [-0.4, -0.2) is 10.2 Å². The van der Waals surface area contributed by atoms with E-state index in [1.54, 1.807) is 4.57 Å². The van der Waals surface area contributed by atoms with Gasteiger partial charge in [-0.2, -0.15) is 0 Å². The van der Waals surface area contributed by atoms with E-state index in [2.05, 4.69) is 15.9 Å². The van der Waals surface area contributed by atoms with Gasteiger partial charge in [0.1, 0.15) is 11.4 Å². The molecular formula is C23H20BrNO2. The van der Waals surface area contributed by atoms with E-state index in [4.69, 9.17) is 4.74 Å². The van der Waals surface area contributed by atoms with E-state index in [1.807, 2.05) is 86.8 Å². The second-order valence-corrected chi connectivity index (χ2v) is 8.16. The van der Waals surface area contributed by atoms with Gasteiger partial charge in [0.15, 0.2) is 0 Å². The molecule has 0 fully saturated rings. The molecule has 0 amide bonds. The Hall–Kier alpha value is -2.59. The largest absolute Gasteiger partial charge is 0.483 e. The van der Waals surface area contributed by atoms with E-state index < -0.39 is 5.60 Å². The zero-order valence-corrected chi connectivity index (χ0v) is 16.9. The lowest BCUT2D eigenvalue weighted by molar-refractivity contribution is 0.158. The molecule has 4 heteroatoms. The Morgan fingerprint density at radius 1 is 1.00 bits per heavy atom. The van der Waals surface area contributed by atoms with E-state index in [1.165, 1.54) is 0 Å². The summed E-state index contributed by atoms with van der Waals surface area (Å²) < 4.78 is 8.80. The third kappa shape index (κ3) is 3.62. The highest BCUT2D eigenvalue weighted by Gasteiger charge is 2.28. The van der Waals surface area contributed by atoms with Crippen molar-refractivity contribution in [1.82, 2.24) is 4.57 Å². The summed E-state index contributed by atoms with van der Waals surface area (Å²) in [7, 11) is 0. The van der Waals surface area contributed by atoms with Gasteiger partial charge in [-0.05, 0) is 61.4 Å². The molecule has 4 rings (SSSR count). The van der Waals surface area contributed by atoms with Gasteiger partial charge in [-0.1, -0.05) is 46.3 Å². The van der Waals surface area contributed by atoms with Crippen molar-refractivity contribution >= 4 is 21.5 Å². The van der Waals surface area contributed by atoms with Gasteiger partial charge in [0.25, 0.3) is 5.56 Å². The standard InChI is InChI=1S/C23H20BrNO2/c1-23(2)14-20(19-13-17(24)10-11-21(19)27-23)18-9-6-12-25(22(18)26)15-16-7-4-3-5-8-16/h3-14H,15H2,1-2H3. The fourth-order valence-electron chi connectivity index (χ4n) is 3.41. The van der Waals surface area contributed by atoms with Crippen molar-refractivity contribution in [2.45, 2.75) is 26.0 Å². The summed E-state index contributed by atoms with van der Waals surface area (Å²) in [6, 6.07) is 19.7. The molecule has 0 spiro atoms. The Morgan fingerprint density at radius 3 is 2.56 bits per heavy atom. The second-order valence-electron chi connectivity index (χ2n) is 7.24. The fraction of sp³-hybridized carbons (Fsp3) is 0.174. The summed E-state index contributed by atoms with van der Waals surface area (Å²) in [5.41, 5.74) is 3.14. The first-order chi connectivity index (χ1) is 12.9. The van der Waals surface area contributed by atoms with Gasteiger partial charge in [0.2, 0.25) is 0 Å². The van der Waals surface area contributed by atoms with Crippen LogP contribution in [0.3, 0.4) is 0 Å². The molecule has 2 heterocycles. The van der Waals surface area contributed by atoms with Gasteiger partial charge in [-0.25, -0.2) is 0 Å². The Balaban J connectivity index is 1.84. The molecule has 0 bridgehead atoms. The van der Waals surface area contributed by atoms with Crippen molar-refractivity contribution in [2.24, 2.45) is 0 Å². The van der Waals surface area contributed by atoms with Crippen LogP contribution in [0.5, 0.6) is 5.75 Å². The third-order valence-corrected chi connectivity index (χ3v) is 5.10. The topological polar surface area (TPSA) is 31.2 Å². The van der Waals surface area contributed by atoms with Gasteiger partial charge in [0, 0.05) is 21.8 Å². The monoisotopic (exact) mass is 421 g/mol. The van der Waals surface area contributed by atoms with Gasteiger partial charge >= 0.3 is 0 Å². The molecule has 3 aromatic rings. The average molecular weight is 422 g/mol. The molecule has 1 aliphatic rings. The molecule has 136 valence electrons. The number of nitrogens with zero attached hydrogens (tertiary/aromatic N) is 1. The lowest BCUT2D eigenvalue weighted by Gasteiger charge is -2.31. The highest BCUT2D eigenvalue weighted by atomic mass is 79.9. The van der Waals surface area contributed by atoms with Gasteiger partial charge in [-0.3, -0.25) is 4.79 Å². The number of hydrogen-bond acceptors (Lipinski definition) is 2. The summed E-state index contributed by atoms with van der Waals surface area (Å²) in [5, 5.41) is 0. The minimum absolute atomic E-state index is 0.00349. The fourth-order valence-corrected chi connectivity index (χ4v) is 3.77. The number of ether oxygens (including phenoxy) is 1. The van der Waals surface area contributed by atoms with Crippen molar-refractivity contribution in [2.75, 3.05) is 0 Å². The Kier molecular flexibility index (Phi) is 4.52. The first-order valence-electron chi connectivity index (χ1n) is 8.88. The first-order valence-corrected chi connectivity index (χ1v) is 9.68. The molecule has 0 aliphatic carbocycles. The molecule has 0 atom stereocenters. The molecule has 0 radical (unpaired) electrons. The highest BCUT2D eigenvalue weighted by molar-refractivity contribution is 9.10. The molecule has 1 aromatic heterocycles. The number of benzene rings is 2.